The van der Waals surface area contributed by atoms with Crippen molar-refractivity contribution in [3.8, 4) is 0 Å². The SMILES string of the molecule is CCC(=CC(Cl)(Cl)Cl)C(=O)O. The lowest BCUT2D eigenvalue weighted by molar-refractivity contribution is -0.132. The minimum atomic E-state index is -1.62. The molecule has 64 valence electrons. The topological polar surface area (TPSA) is 37.3 Å². The minimum absolute atomic E-state index is 0.102. The lowest BCUT2D eigenvalue weighted by Gasteiger charge is -2.05. The summed E-state index contributed by atoms with van der Waals surface area (Å²) in [6.07, 6.45) is 1.43. The molecule has 0 saturated heterocycles. The fraction of sp³-hybridized carbons (Fsp3) is 0.500. The number of alkyl halides is 3. The van der Waals surface area contributed by atoms with Gasteiger partial charge < -0.3 is 5.11 Å². The molecule has 0 saturated carbocycles. The van der Waals surface area contributed by atoms with E-state index in [4.69, 9.17) is 39.9 Å². The van der Waals surface area contributed by atoms with Gasteiger partial charge in [0.15, 0.2) is 0 Å². The highest BCUT2D eigenvalue weighted by Crippen LogP contribution is 2.29. The fourth-order valence-corrected chi connectivity index (χ4v) is 0.908. The van der Waals surface area contributed by atoms with Crippen molar-refractivity contribution < 1.29 is 9.90 Å². The predicted octanol–water partition coefficient (Wildman–Crippen LogP) is 2.78. The zero-order chi connectivity index (χ0) is 9.07. The Bertz CT molecular complexity index is 181. The van der Waals surface area contributed by atoms with Gasteiger partial charge in [0, 0.05) is 5.57 Å². The minimum Gasteiger partial charge on any atom is -0.478 e. The number of halogens is 3. The molecule has 0 aliphatic carbocycles. The molecule has 0 radical (unpaired) electrons. The third-order valence-electron chi connectivity index (χ3n) is 0.993. The first kappa shape index (κ1) is 11.1. The molecular formula is C6H7Cl3O2. The number of allylic oxidation sites excluding steroid dienone is 1. The molecule has 0 aromatic carbocycles. The summed E-state index contributed by atoms with van der Waals surface area (Å²) < 4.78 is -1.62. The molecule has 0 aliphatic rings. The van der Waals surface area contributed by atoms with Gasteiger partial charge in [0.05, 0.1) is 0 Å². The highest BCUT2D eigenvalue weighted by molar-refractivity contribution is 6.69. The van der Waals surface area contributed by atoms with Crippen LogP contribution in [0.2, 0.25) is 0 Å². The van der Waals surface area contributed by atoms with E-state index < -0.39 is 9.76 Å². The zero-order valence-electron chi connectivity index (χ0n) is 5.77. The number of aliphatic carboxylic acids is 1. The van der Waals surface area contributed by atoms with E-state index in [1.165, 1.54) is 0 Å². The van der Waals surface area contributed by atoms with Crippen LogP contribution in [-0.2, 0) is 4.79 Å². The van der Waals surface area contributed by atoms with E-state index in [1.807, 2.05) is 0 Å². The highest BCUT2D eigenvalue weighted by atomic mass is 35.6. The van der Waals surface area contributed by atoms with Crippen molar-refractivity contribution in [2.45, 2.75) is 17.1 Å². The fourth-order valence-electron chi connectivity index (χ4n) is 0.513. The molecule has 0 fully saturated rings. The Balaban J connectivity index is 4.49. The van der Waals surface area contributed by atoms with Crippen molar-refractivity contribution >= 4 is 40.8 Å². The Labute approximate surface area is 79.7 Å². The van der Waals surface area contributed by atoms with Crippen molar-refractivity contribution in [1.29, 1.82) is 0 Å². The molecular weight excluding hydrogens is 210 g/mol. The number of carbonyl (C=O) groups is 1. The molecule has 0 spiro atoms. The highest BCUT2D eigenvalue weighted by Gasteiger charge is 2.18. The van der Waals surface area contributed by atoms with E-state index in [0.29, 0.717) is 6.42 Å². The van der Waals surface area contributed by atoms with E-state index >= 15 is 0 Å². The van der Waals surface area contributed by atoms with E-state index in [0.717, 1.165) is 6.08 Å². The van der Waals surface area contributed by atoms with Gasteiger partial charge in [-0.25, -0.2) is 4.79 Å². The van der Waals surface area contributed by atoms with Gasteiger partial charge in [0.1, 0.15) is 0 Å². The summed E-state index contributed by atoms with van der Waals surface area (Å²) in [5.74, 6) is -1.06. The van der Waals surface area contributed by atoms with Crippen LogP contribution in [0, 0.1) is 0 Å². The van der Waals surface area contributed by atoms with Crippen LogP contribution in [0.3, 0.4) is 0 Å². The third kappa shape index (κ3) is 5.36. The van der Waals surface area contributed by atoms with E-state index in [9.17, 15) is 4.79 Å². The molecule has 0 heterocycles. The molecule has 0 bridgehead atoms. The summed E-state index contributed by atoms with van der Waals surface area (Å²) >= 11 is 16.0. The maximum Gasteiger partial charge on any atom is 0.331 e. The molecule has 1 N–H and O–H groups in total. The Hall–Kier alpha value is 0.0800. The molecule has 5 heteroatoms. The first-order chi connectivity index (χ1) is 4.87. The first-order valence-corrected chi connectivity index (χ1v) is 4.02. The lowest BCUT2D eigenvalue weighted by Crippen LogP contribution is -2.05. The van der Waals surface area contributed by atoms with Crippen LogP contribution >= 0.6 is 34.8 Å². The van der Waals surface area contributed by atoms with E-state index in [1.54, 1.807) is 6.92 Å². The van der Waals surface area contributed by atoms with Gasteiger partial charge in [-0.1, -0.05) is 41.7 Å². The third-order valence-corrected chi connectivity index (χ3v) is 1.32. The standard InChI is InChI=1S/C6H7Cl3O2/c1-2-4(5(10)11)3-6(7,8)9/h3H,2H2,1H3,(H,10,11). The van der Waals surface area contributed by atoms with E-state index in [-0.39, 0.29) is 5.57 Å². The van der Waals surface area contributed by atoms with Crippen LogP contribution in [0.5, 0.6) is 0 Å². The summed E-state index contributed by atoms with van der Waals surface area (Å²) in [7, 11) is 0. The Morgan fingerprint density at radius 2 is 2.00 bits per heavy atom. The monoisotopic (exact) mass is 216 g/mol. The molecule has 0 aromatic rings. The number of carboxylic acid groups (broad SMARTS) is 1. The average molecular weight is 217 g/mol. The quantitative estimate of drug-likeness (QED) is 0.570. The van der Waals surface area contributed by atoms with Gasteiger partial charge in [0.25, 0.3) is 0 Å². The summed E-state index contributed by atoms with van der Waals surface area (Å²) in [6, 6.07) is 0. The summed E-state index contributed by atoms with van der Waals surface area (Å²) in [6.45, 7) is 1.68. The lowest BCUT2D eigenvalue weighted by atomic mass is 10.2. The number of rotatable bonds is 2. The maximum atomic E-state index is 10.4. The molecule has 0 aromatic heterocycles. The summed E-state index contributed by atoms with van der Waals surface area (Å²) in [5, 5.41) is 8.49. The Morgan fingerprint density at radius 3 is 2.09 bits per heavy atom. The average Bonchev–Trinajstić information content (AvgIpc) is 1.80. The number of carboxylic acids is 1. The number of hydrogen-bond donors (Lipinski definition) is 1. The van der Waals surface area contributed by atoms with Gasteiger partial charge >= 0.3 is 5.97 Å². The largest absolute Gasteiger partial charge is 0.478 e. The van der Waals surface area contributed by atoms with Crippen molar-refractivity contribution in [2.24, 2.45) is 0 Å². The first-order valence-electron chi connectivity index (χ1n) is 2.88. The Kier molecular flexibility index (Phi) is 4.22. The van der Waals surface area contributed by atoms with Crippen LogP contribution < -0.4 is 0 Å². The second-order valence-electron chi connectivity index (χ2n) is 1.87. The summed E-state index contributed by atoms with van der Waals surface area (Å²) in [4.78, 5) is 10.4. The zero-order valence-corrected chi connectivity index (χ0v) is 8.04. The van der Waals surface area contributed by atoms with Crippen LogP contribution in [-0.4, -0.2) is 14.9 Å². The van der Waals surface area contributed by atoms with Crippen LogP contribution in [0.25, 0.3) is 0 Å². The van der Waals surface area contributed by atoms with Crippen LogP contribution in [0.1, 0.15) is 13.3 Å². The van der Waals surface area contributed by atoms with Crippen molar-refractivity contribution in [2.75, 3.05) is 0 Å². The van der Waals surface area contributed by atoms with Crippen LogP contribution in [0.15, 0.2) is 11.6 Å². The van der Waals surface area contributed by atoms with E-state index in [2.05, 4.69) is 0 Å². The second-order valence-corrected chi connectivity index (χ2v) is 4.24. The smallest absolute Gasteiger partial charge is 0.331 e. The molecule has 0 unspecified atom stereocenters. The number of hydrogen-bond acceptors (Lipinski definition) is 1. The predicted molar refractivity (Wildman–Crippen MR) is 46.3 cm³/mol. The van der Waals surface area contributed by atoms with Crippen molar-refractivity contribution in [3.05, 3.63) is 11.6 Å². The van der Waals surface area contributed by atoms with Gasteiger partial charge in [0.2, 0.25) is 3.79 Å². The van der Waals surface area contributed by atoms with Gasteiger partial charge in [-0.2, -0.15) is 0 Å². The van der Waals surface area contributed by atoms with Crippen molar-refractivity contribution in [1.82, 2.24) is 0 Å². The molecule has 0 atom stereocenters. The maximum absolute atomic E-state index is 10.4. The molecule has 11 heavy (non-hydrogen) atoms. The van der Waals surface area contributed by atoms with Gasteiger partial charge in [-0.05, 0) is 12.5 Å². The Morgan fingerprint density at radius 1 is 1.55 bits per heavy atom. The van der Waals surface area contributed by atoms with Crippen LogP contribution in [0.4, 0.5) is 0 Å². The van der Waals surface area contributed by atoms with Gasteiger partial charge in [-0.3, -0.25) is 0 Å². The molecule has 0 amide bonds. The normalized spacial score (nSPS) is 13.3. The molecule has 0 rings (SSSR count). The van der Waals surface area contributed by atoms with Crippen molar-refractivity contribution in [3.63, 3.8) is 0 Å². The summed E-state index contributed by atoms with van der Waals surface area (Å²) in [5.41, 5.74) is 0.102. The molecule has 2 nitrogen and oxygen atoms in total. The molecule has 0 aliphatic heterocycles. The second kappa shape index (κ2) is 4.19. The van der Waals surface area contributed by atoms with Gasteiger partial charge in [-0.15, -0.1) is 0 Å².